The van der Waals surface area contributed by atoms with E-state index in [1.54, 1.807) is 62.4 Å². The first-order valence-electron chi connectivity index (χ1n) is 12.9. The molecule has 2 amide bonds. The average Bonchev–Trinajstić information content (AvgIpc) is 2.87. The Hall–Kier alpha value is -2.78. The van der Waals surface area contributed by atoms with Gasteiger partial charge in [0, 0.05) is 32.7 Å². The molecular formula is C30H34Cl3N3O4S. The van der Waals surface area contributed by atoms with Crippen LogP contribution in [0.25, 0.3) is 0 Å². The molecule has 0 aromatic heterocycles. The Morgan fingerprint density at radius 3 is 1.98 bits per heavy atom. The van der Waals surface area contributed by atoms with Crippen LogP contribution in [0, 0.1) is 13.8 Å². The fraction of sp³-hybridized carbons (Fsp3) is 0.333. The van der Waals surface area contributed by atoms with Gasteiger partial charge in [0.15, 0.2) is 0 Å². The fourth-order valence-corrected chi connectivity index (χ4v) is 6.29. The molecule has 0 heterocycles. The van der Waals surface area contributed by atoms with E-state index in [4.69, 9.17) is 34.8 Å². The van der Waals surface area contributed by atoms with Crippen LogP contribution < -0.4 is 9.62 Å². The lowest BCUT2D eigenvalue weighted by Crippen LogP contribution is -2.54. The molecule has 0 unspecified atom stereocenters. The van der Waals surface area contributed by atoms with Gasteiger partial charge in [-0.3, -0.25) is 13.9 Å². The van der Waals surface area contributed by atoms with Gasteiger partial charge >= 0.3 is 0 Å². The molecule has 41 heavy (non-hydrogen) atoms. The number of anilines is 1. The van der Waals surface area contributed by atoms with E-state index in [2.05, 4.69) is 5.32 Å². The van der Waals surface area contributed by atoms with Crippen molar-refractivity contribution in [3.63, 3.8) is 0 Å². The molecule has 1 atom stereocenters. The second-order valence-corrected chi connectivity index (χ2v) is 13.9. The van der Waals surface area contributed by atoms with E-state index in [9.17, 15) is 18.0 Å². The molecule has 1 N–H and O–H groups in total. The minimum atomic E-state index is -4.23. The number of carbonyl (C=O) groups is 2. The number of aryl methyl sites for hydroxylation is 1. The van der Waals surface area contributed by atoms with Crippen molar-refractivity contribution >= 4 is 62.3 Å². The van der Waals surface area contributed by atoms with Crippen LogP contribution in [0.3, 0.4) is 0 Å². The maximum absolute atomic E-state index is 14.1. The van der Waals surface area contributed by atoms with Crippen molar-refractivity contribution in [2.75, 3.05) is 10.8 Å². The Kier molecular flexibility index (Phi) is 10.4. The summed E-state index contributed by atoms with van der Waals surface area (Å²) in [6, 6.07) is 15.1. The zero-order chi connectivity index (χ0) is 30.7. The molecule has 11 heteroatoms. The number of amides is 2. The van der Waals surface area contributed by atoms with Crippen molar-refractivity contribution in [2.45, 2.75) is 64.6 Å². The van der Waals surface area contributed by atoms with E-state index >= 15 is 0 Å². The molecule has 0 saturated carbocycles. The molecule has 0 spiro atoms. The second-order valence-electron chi connectivity index (χ2n) is 10.8. The summed E-state index contributed by atoms with van der Waals surface area (Å²) in [6.07, 6.45) is 0. The van der Waals surface area contributed by atoms with Crippen molar-refractivity contribution in [3.8, 4) is 0 Å². The summed E-state index contributed by atoms with van der Waals surface area (Å²) in [7, 11) is -4.23. The minimum absolute atomic E-state index is 0.00879. The van der Waals surface area contributed by atoms with Crippen molar-refractivity contribution < 1.29 is 18.0 Å². The lowest BCUT2D eigenvalue weighted by atomic mass is 10.1. The van der Waals surface area contributed by atoms with Crippen LogP contribution in [0.15, 0.2) is 65.6 Å². The Balaban J connectivity index is 2.12. The number of hydrogen-bond donors (Lipinski definition) is 1. The first-order valence-corrected chi connectivity index (χ1v) is 15.5. The SMILES string of the molecule is Cc1ccc(S(=O)(=O)N(CC(=O)N(Cc2c(Cl)cccc2Cl)[C@@H](C)C(=O)NC(C)(C)C)c2cccc(Cl)c2C)cc1. The van der Waals surface area contributed by atoms with E-state index in [0.717, 1.165) is 9.87 Å². The number of halogens is 3. The van der Waals surface area contributed by atoms with Gasteiger partial charge in [-0.1, -0.05) is 64.6 Å². The lowest BCUT2D eigenvalue weighted by Gasteiger charge is -2.34. The monoisotopic (exact) mass is 637 g/mol. The Morgan fingerprint density at radius 2 is 1.41 bits per heavy atom. The normalized spacial score (nSPS) is 12.5. The van der Waals surface area contributed by atoms with Gasteiger partial charge in [-0.15, -0.1) is 0 Å². The number of sulfonamides is 1. The smallest absolute Gasteiger partial charge is 0.264 e. The first-order chi connectivity index (χ1) is 19.0. The van der Waals surface area contributed by atoms with Crippen LogP contribution in [0.5, 0.6) is 0 Å². The minimum Gasteiger partial charge on any atom is -0.350 e. The van der Waals surface area contributed by atoms with Crippen molar-refractivity contribution in [1.82, 2.24) is 10.2 Å². The molecule has 0 fully saturated rings. The zero-order valence-electron chi connectivity index (χ0n) is 23.8. The molecule has 0 aliphatic rings. The number of nitrogens with one attached hydrogen (secondary N) is 1. The summed E-state index contributed by atoms with van der Waals surface area (Å²) in [6.45, 7) is 9.86. The third-order valence-electron chi connectivity index (χ3n) is 6.45. The topological polar surface area (TPSA) is 86.8 Å². The van der Waals surface area contributed by atoms with Gasteiger partial charge in [0.1, 0.15) is 12.6 Å². The maximum atomic E-state index is 14.1. The van der Waals surface area contributed by atoms with Crippen LogP contribution in [0.2, 0.25) is 15.1 Å². The number of benzene rings is 3. The van der Waals surface area contributed by atoms with Gasteiger partial charge in [0.05, 0.1) is 10.6 Å². The highest BCUT2D eigenvalue weighted by molar-refractivity contribution is 7.92. The Morgan fingerprint density at radius 1 is 0.878 bits per heavy atom. The molecule has 3 rings (SSSR count). The van der Waals surface area contributed by atoms with Gasteiger partial charge in [-0.05, 0) is 83.5 Å². The van der Waals surface area contributed by atoms with Crippen LogP contribution >= 0.6 is 34.8 Å². The highest BCUT2D eigenvalue weighted by Gasteiger charge is 2.34. The van der Waals surface area contributed by atoms with Gasteiger partial charge in [-0.25, -0.2) is 8.42 Å². The molecular weight excluding hydrogens is 605 g/mol. The van der Waals surface area contributed by atoms with E-state index in [0.29, 0.717) is 26.2 Å². The number of hydrogen-bond acceptors (Lipinski definition) is 4. The van der Waals surface area contributed by atoms with Crippen LogP contribution in [-0.4, -0.2) is 43.3 Å². The number of carbonyl (C=O) groups excluding carboxylic acids is 2. The zero-order valence-corrected chi connectivity index (χ0v) is 26.9. The summed E-state index contributed by atoms with van der Waals surface area (Å²) in [4.78, 5) is 28.7. The molecule has 3 aromatic carbocycles. The molecule has 0 radical (unpaired) electrons. The van der Waals surface area contributed by atoms with Gasteiger partial charge in [0.25, 0.3) is 10.0 Å². The summed E-state index contributed by atoms with van der Waals surface area (Å²) in [5.41, 5.74) is 1.48. The summed E-state index contributed by atoms with van der Waals surface area (Å²) in [5.74, 6) is -1.05. The summed E-state index contributed by atoms with van der Waals surface area (Å²) < 4.78 is 29.1. The molecule has 7 nitrogen and oxygen atoms in total. The quantitative estimate of drug-likeness (QED) is 0.280. The first kappa shape index (κ1) is 32.7. The summed E-state index contributed by atoms with van der Waals surface area (Å²) in [5, 5.41) is 3.86. The Labute approximate surface area is 257 Å². The highest BCUT2D eigenvalue weighted by Crippen LogP contribution is 2.32. The predicted octanol–water partition coefficient (Wildman–Crippen LogP) is 6.79. The van der Waals surface area contributed by atoms with Crippen molar-refractivity contribution in [2.24, 2.45) is 0 Å². The van der Waals surface area contributed by atoms with Crippen molar-refractivity contribution in [1.29, 1.82) is 0 Å². The molecule has 0 aliphatic carbocycles. The molecule has 3 aromatic rings. The largest absolute Gasteiger partial charge is 0.350 e. The third-order valence-corrected chi connectivity index (χ3v) is 9.34. The molecule has 220 valence electrons. The second kappa shape index (κ2) is 13.0. The van der Waals surface area contributed by atoms with Gasteiger partial charge in [0.2, 0.25) is 11.8 Å². The number of nitrogens with zero attached hydrogens (tertiary/aromatic N) is 2. The average molecular weight is 639 g/mol. The van der Waals surface area contributed by atoms with Crippen LogP contribution in [0.1, 0.15) is 44.4 Å². The fourth-order valence-electron chi connectivity index (χ4n) is 4.13. The van der Waals surface area contributed by atoms with Crippen LogP contribution in [0.4, 0.5) is 5.69 Å². The van der Waals surface area contributed by atoms with E-state index < -0.39 is 40.0 Å². The predicted molar refractivity (Wildman–Crippen MR) is 166 cm³/mol. The Bertz CT molecular complexity index is 1520. The number of rotatable bonds is 9. The molecule has 0 aliphatic heterocycles. The van der Waals surface area contributed by atoms with E-state index in [-0.39, 0.29) is 17.1 Å². The van der Waals surface area contributed by atoms with E-state index in [1.165, 1.54) is 17.0 Å². The third kappa shape index (κ3) is 7.95. The summed E-state index contributed by atoms with van der Waals surface area (Å²) >= 11 is 19.2. The van der Waals surface area contributed by atoms with Gasteiger partial charge in [-0.2, -0.15) is 0 Å². The molecule has 0 bridgehead atoms. The molecule has 0 saturated heterocycles. The highest BCUT2D eigenvalue weighted by atomic mass is 35.5. The lowest BCUT2D eigenvalue weighted by molar-refractivity contribution is -0.140. The van der Waals surface area contributed by atoms with E-state index in [1.807, 2.05) is 27.7 Å². The maximum Gasteiger partial charge on any atom is 0.264 e. The van der Waals surface area contributed by atoms with Crippen LogP contribution in [-0.2, 0) is 26.2 Å². The van der Waals surface area contributed by atoms with Gasteiger partial charge < -0.3 is 10.2 Å². The standard InChI is InChI=1S/C30H34Cl3N3O4S/c1-19-13-15-22(16-14-19)41(39,40)36(27-12-8-9-24(31)20(27)2)18-28(37)35(21(3)29(38)34-30(4,5)6)17-23-25(32)10-7-11-26(23)33/h7-16,21H,17-18H2,1-6H3,(H,34,38)/t21-/m0/s1. The van der Waals surface area contributed by atoms with Crippen molar-refractivity contribution in [3.05, 3.63) is 92.4 Å².